The Morgan fingerprint density at radius 3 is 2.89 bits per heavy atom. The summed E-state index contributed by atoms with van der Waals surface area (Å²) in [6, 6.07) is 7.34. The van der Waals surface area contributed by atoms with Gasteiger partial charge in [-0.05, 0) is 31.0 Å². The molecule has 0 heterocycles. The Bertz CT molecular complexity index is 380. The molecule has 0 saturated carbocycles. The Kier molecular flexibility index (Phi) is 6.22. The van der Waals surface area contributed by atoms with Gasteiger partial charge < -0.3 is 15.7 Å². The molecule has 0 bridgehead atoms. The first-order valence-electron chi connectivity index (χ1n) is 6.39. The van der Waals surface area contributed by atoms with E-state index in [2.05, 4.69) is 10.6 Å². The van der Waals surface area contributed by atoms with Crippen LogP contribution in [-0.2, 0) is 11.3 Å². The molecule has 1 atom stereocenters. The van der Waals surface area contributed by atoms with Gasteiger partial charge in [-0.2, -0.15) is 0 Å². The minimum absolute atomic E-state index is 0.0766. The topological polar surface area (TPSA) is 61.4 Å². The number of carbonyl (C=O) groups excluding carboxylic acids is 1. The highest BCUT2D eigenvalue weighted by molar-refractivity contribution is 5.76. The van der Waals surface area contributed by atoms with Crippen molar-refractivity contribution in [3.8, 4) is 5.75 Å². The molecule has 3 N–H and O–H groups in total. The molecule has 0 spiro atoms. The van der Waals surface area contributed by atoms with E-state index in [1.165, 1.54) is 0 Å². The number of hydrogen-bond acceptors (Lipinski definition) is 3. The largest absolute Gasteiger partial charge is 0.508 e. The summed E-state index contributed by atoms with van der Waals surface area (Å²) in [5.74, 6) is 0.344. The van der Waals surface area contributed by atoms with Gasteiger partial charge in [-0.3, -0.25) is 4.79 Å². The van der Waals surface area contributed by atoms with Gasteiger partial charge in [0, 0.05) is 25.6 Å². The van der Waals surface area contributed by atoms with Gasteiger partial charge in [0.05, 0.1) is 0 Å². The summed E-state index contributed by atoms with van der Waals surface area (Å²) in [5, 5.41) is 15.4. The summed E-state index contributed by atoms with van der Waals surface area (Å²) in [7, 11) is 0. The molecule has 18 heavy (non-hydrogen) atoms. The number of amides is 1. The Morgan fingerprint density at radius 2 is 2.22 bits per heavy atom. The van der Waals surface area contributed by atoms with Crippen LogP contribution in [0.1, 0.15) is 32.3 Å². The molecule has 4 heteroatoms. The molecule has 0 saturated heterocycles. The molecule has 100 valence electrons. The zero-order valence-electron chi connectivity index (χ0n) is 11.1. The van der Waals surface area contributed by atoms with E-state index in [0.717, 1.165) is 12.0 Å². The van der Waals surface area contributed by atoms with Gasteiger partial charge in [0.1, 0.15) is 5.75 Å². The molecule has 1 aromatic rings. The van der Waals surface area contributed by atoms with Crippen LogP contribution in [0.15, 0.2) is 24.3 Å². The van der Waals surface area contributed by atoms with Crippen molar-refractivity contribution in [2.75, 3.05) is 6.54 Å². The van der Waals surface area contributed by atoms with Crippen LogP contribution in [0.4, 0.5) is 0 Å². The molecule has 1 amide bonds. The quantitative estimate of drug-likeness (QED) is 0.646. The average molecular weight is 250 g/mol. The van der Waals surface area contributed by atoms with Crippen molar-refractivity contribution < 1.29 is 9.90 Å². The fraction of sp³-hybridized carbons (Fsp3) is 0.500. The normalized spacial score (nSPS) is 12.1. The van der Waals surface area contributed by atoms with Gasteiger partial charge in [-0.1, -0.05) is 19.1 Å². The molecule has 4 nitrogen and oxygen atoms in total. The van der Waals surface area contributed by atoms with E-state index in [-0.39, 0.29) is 17.7 Å². The highest BCUT2D eigenvalue weighted by atomic mass is 16.3. The van der Waals surface area contributed by atoms with Crippen molar-refractivity contribution in [1.82, 2.24) is 10.6 Å². The molecule has 1 rings (SSSR count). The molecule has 0 radical (unpaired) electrons. The minimum Gasteiger partial charge on any atom is -0.508 e. The van der Waals surface area contributed by atoms with Gasteiger partial charge in [-0.25, -0.2) is 0 Å². The first-order valence-corrected chi connectivity index (χ1v) is 6.39. The van der Waals surface area contributed by atoms with Crippen LogP contribution < -0.4 is 10.6 Å². The van der Waals surface area contributed by atoms with E-state index in [9.17, 15) is 9.90 Å². The third-order valence-corrected chi connectivity index (χ3v) is 2.79. The lowest BCUT2D eigenvalue weighted by molar-refractivity contribution is -0.121. The monoisotopic (exact) mass is 250 g/mol. The molecule has 1 unspecified atom stereocenters. The highest BCUT2D eigenvalue weighted by Crippen LogP contribution is 2.10. The predicted octanol–water partition coefficient (Wildman–Crippen LogP) is 1.79. The summed E-state index contributed by atoms with van der Waals surface area (Å²) < 4.78 is 0. The van der Waals surface area contributed by atoms with Gasteiger partial charge in [0.25, 0.3) is 0 Å². The molecule has 1 aromatic carbocycles. The second-order valence-electron chi connectivity index (χ2n) is 4.47. The fourth-order valence-electron chi connectivity index (χ4n) is 1.55. The summed E-state index contributed by atoms with van der Waals surface area (Å²) in [6.07, 6.45) is 1.42. The molecule has 0 aliphatic heterocycles. The van der Waals surface area contributed by atoms with Gasteiger partial charge in [-0.15, -0.1) is 0 Å². The summed E-state index contributed by atoms with van der Waals surface area (Å²) in [4.78, 5) is 11.5. The maximum atomic E-state index is 11.5. The number of nitrogens with one attached hydrogen (secondary N) is 2. The molecular formula is C14H22N2O2. The predicted molar refractivity (Wildman–Crippen MR) is 72.3 cm³/mol. The van der Waals surface area contributed by atoms with Gasteiger partial charge in [0.15, 0.2) is 0 Å². The van der Waals surface area contributed by atoms with E-state index in [4.69, 9.17) is 0 Å². The van der Waals surface area contributed by atoms with Crippen molar-refractivity contribution in [3.05, 3.63) is 29.8 Å². The van der Waals surface area contributed by atoms with Crippen molar-refractivity contribution >= 4 is 5.91 Å². The maximum absolute atomic E-state index is 11.5. The van der Waals surface area contributed by atoms with Crippen molar-refractivity contribution in [1.29, 1.82) is 0 Å². The standard InChI is InChI=1S/C14H22N2O2/c1-3-11(2)16-14(18)7-8-15-10-12-5-4-6-13(17)9-12/h4-6,9,11,15,17H,3,7-8,10H2,1-2H3,(H,16,18). The number of carbonyl (C=O) groups is 1. The Balaban J connectivity index is 2.17. The van der Waals surface area contributed by atoms with Crippen LogP contribution in [0, 0.1) is 0 Å². The lowest BCUT2D eigenvalue weighted by atomic mass is 10.2. The summed E-state index contributed by atoms with van der Waals surface area (Å²) in [5.41, 5.74) is 1.01. The second-order valence-corrected chi connectivity index (χ2v) is 4.47. The number of hydrogen-bond donors (Lipinski definition) is 3. The molecule has 0 aliphatic rings. The van der Waals surface area contributed by atoms with E-state index in [0.29, 0.717) is 19.5 Å². The minimum atomic E-state index is 0.0766. The highest BCUT2D eigenvalue weighted by Gasteiger charge is 2.04. The zero-order chi connectivity index (χ0) is 13.4. The van der Waals surface area contributed by atoms with E-state index in [1.807, 2.05) is 26.0 Å². The number of rotatable bonds is 7. The third kappa shape index (κ3) is 5.68. The van der Waals surface area contributed by atoms with Crippen LogP contribution in [0.25, 0.3) is 0 Å². The first-order chi connectivity index (χ1) is 8.61. The Hall–Kier alpha value is -1.55. The smallest absolute Gasteiger partial charge is 0.221 e. The zero-order valence-corrected chi connectivity index (χ0v) is 11.1. The van der Waals surface area contributed by atoms with Gasteiger partial charge >= 0.3 is 0 Å². The van der Waals surface area contributed by atoms with E-state index in [1.54, 1.807) is 12.1 Å². The summed E-state index contributed by atoms with van der Waals surface area (Å²) in [6.45, 7) is 5.34. The Labute approximate surface area is 108 Å². The lowest BCUT2D eigenvalue weighted by Crippen LogP contribution is -2.33. The van der Waals surface area contributed by atoms with Crippen molar-refractivity contribution in [3.63, 3.8) is 0 Å². The number of phenols is 1. The molecule has 0 aromatic heterocycles. The van der Waals surface area contributed by atoms with Crippen molar-refractivity contribution in [2.45, 2.75) is 39.3 Å². The van der Waals surface area contributed by atoms with E-state index < -0.39 is 0 Å². The second kappa shape index (κ2) is 7.71. The van der Waals surface area contributed by atoms with Crippen LogP contribution in [0.2, 0.25) is 0 Å². The van der Waals surface area contributed by atoms with Gasteiger partial charge in [0.2, 0.25) is 5.91 Å². The van der Waals surface area contributed by atoms with Crippen LogP contribution in [0.3, 0.4) is 0 Å². The van der Waals surface area contributed by atoms with Crippen molar-refractivity contribution in [2.24, 2.45) is 0 Å². The molecule has 0 fully saturated rings. The van der Waals surface area contributed by atoms with Crippen LogP contribution in [-0.4, -0.2) is 23.6 Å². The fourth-order valence-corrected chi connectivity index (χ4v) is 1.55. The number of phenolic OH excluding ortho intramolecular Hbond substituents is 1. The average Bonchev–Trinajstić information content (AvgIpc) is 2.34. The first kappa shape index (κ1) is 14.5. The third-order valence-electron chi connectivity index (χ3n) is 2.79. The molecular weight excluding hydrogens is 228 g/mol. The maximum Gasteiger partial charge on any atom is 0.221 e. The van der Waals surface area contributed by atoms with Crippen LogP contribution >= 0.6 is 0 Å². The SMILES string of the molecule is CCC(C)NC(=O)CCNCc1cccc(O)c1. The molecule has 0 aliphatic carbocycles. The summed E-state index contributed by atoms with van der Waals surface area (Å²) >= 11 is 0. The number of benzene rings is 1. The van der Waals surface area contributed by atoms with Crippen LogP contribution in [0.5, 0.6) is 5.75 Å². The van der Waals surface area contributed by atoms with E-state index >= 15 is 0 Å². The Morgan fingerprint density at radius 1 is 1.44 bits per heavy atom. The lowest BCUT2D eigenvalue weighted by Gasteiger charge is -2.11. The number of aromatic hydroxyl groups is 1.